The molecule has 0 atom stereocenters. The Morgan fingerprint density at radius 3 is 2.30 bits per heavy atom. The normalized spacial score (nSPS) is 26.2. The average Bonchev–Trinajstić information content (AvgIpc) is 2.49. The van der Waals surface area contributed by atoms with Gasteiger partial charge in [-0.15, -0.1) is 0 Å². The summed E-state index contributed by atoms with van der Waals surface area (Å²) in [5.74, 6) is 2.62. The van der Waals surface area contributed by atoms with Gasteiger partial charge in [-0.05, 0) is 62.3 Å². The lowest BCUT2D eigenvalue weighted by molar-refractivity contribution is 0.183. The van der Waals surface area contributed by atoms with E-state index in [9.17, 15) is 0 Å². The first-order valence-corrected chi connectivity index (χ1v) is 7.71. The Kier molecular flexibility index (Phi) is 5.30. The molecular weight excluding hydrogens is 250 g/mol. The highest BCUT2D eigenvalue weighted by atomic mass is 16.5. The van der Waals surface area contributed by atoms with Crippen molar-refractivity contribution in [3.8, 4) is 11.5 Å². The number of ether oxygens (including phenoxy) is 2. The van der Waals surface area contributed by atoms with Gasteiger partial charge in [0.05, 0.1) is 13.7 Å². The molecule has 0 spiro atoms. The third-order valence-electron chi connectivity index (χ3n) is 4.61. The summed E-state index contributed by atoms with van der Waals surface area (Å²) in [6.45, 7) is 2.97. The lowest BCUT2D eigenvalue weighted by atomic mass is 9.75. The largest absolute Gasteiger partial charge is 0.497 e. The smallest absolute Gasteiger partial charge is 0.119 e. The Bertz CT molecular complexity index is 394. The molecule has 20 heavy (non-hydrogen) atoms. The molecule has 0 heterocycles. The van der Waals surface area contributed by atoms with Gasteiger partial charge in [-0.3, -0.25) is 0 Å². The molecular formula is C17H27NO2. The molecule has 0 unspecified atom stereocenters. The Morgan fingerprint density at radius 1 is 1.15 bits per heavy atom. The first-order chi connectivity index (χ1) is 9.65. The van der Waals surface area contributed by atoms with Crippen LogP contribution in [0, 0.1) is 5.92 Å². The highest BCUT2D eigenvalue weighted by Crippen LogP contribution is 2.34. The maximum atomic E-state index is 6.49. The zero-order valence-electron chi connectivity index (χ0n) is 12.7. The summed E-state index contributed by atoms with van der Waals surface area (Å²) < 4.78 is 10.9. The molecule has 2 rings (SSSR count). The molecule has 1 fully saturated rings. The van der Waals surface area contributed by atoms with Crippen LogP contribution in [0.15, 0.2) is 24.3 Å². The van der Waals surface area contributed by atoms with E-state index in [4.69, 9.17) is 15.2 Å². The number of nitrogens with two attached hydrogens (primary N) is 1. The molecule has 0 bridgehead atoms. The van der Waals surface area contributed by atoms with Gasteiger partial charge in [0.2, 0.25) is 0 Å². The lowest BCUT2D eigenvalue weighted by Crippen LogP contribution is -2.44. The quantitative estimate of drug-likeness (QED) is 0.861. The van der Waals surface area contributed by atoms with Gasteiger partial charge in [0.25, 0.3) is 0 Å². The van der Waals surface area contributed by atoms with Crippen LogP contribution in [0.3, 0.4) is 0 Å². The van der Waals surface area contributed by atoms with Crippen LogP contribution in [-0.4, -0.2) is 19.3 Å². The predicted octanol–water partition coefficient (Wildman–Crippen LogP) is 3.76. The summed E-state index contributed by atoms with van der Waals surface area (Å²) in [5, 5.41) is 0. The molecule has 2 N–H and O–H groups in total. The fraction of sp³-hybridized carbons (Fsp3) is 0.647. The molecule has 1 saturated carbocycles. The van der Waals surface area contributed by atoms with Gasteiger partial charge >= 0.3 is 0 Å². The van der Waals surface area contributed by atoms with Crippen LogP contribution in [-0.2, 0) is 0 Å². The second-order valence-corrected chi connectivity index (χ2v) is 5.99. The van der Waals surface area contributed by atoms with E-state index in [2.05, 4.69) is 6.92 Å². The summed E-state index contributed by atoms with van der Waals surface area (Å²) in [5.41, 5.74) is 6.47. The molecule has 1 aromatic carbocycles. The maximum Gasteiger partial charge on any atom is 0.119 e. The van der Waals surface area contributed by atoms with Crippen molar-refractivity contribution in [3.05, 3.63) is 24.3 Å². The maximum absolute atomic E-state index is 6.49. The molecule has 1 aromatic rings. The van der Waals surface area contributed by atoms with E-state index in [0.717, 1.165) is 36.7 Å². The third-order valence-corrected chi connectivity index (χ3v) is 4.61. The van der Waals surface area contributed by atoms with Crippen LogP contribution in [0.1, 0.15) is 45.4 Å². The van der Waals surface area contributed by atoms with E-state index < -0.39 is 0 Å². The Hall–Kier alpha value is -1.22. The molecule has 112 valence electrons. The van der Waals surface area contributed by atoms with Gasteiger partial charge in [-0.25, -0.2) is 0 Å². The summed E-state index contributed by atoms with van der Waals surface area (Å²) in [6.07, 6.45) is 7.05. The summed E-state index contributed by atoms with van der Waals surface area (Å²) in [7, 11) is 1.67. The minimum atomic E-state index is -0.0157. The van der Waals surface area contributed by atoms with Crippen LogP contribution in [0.5, 0.6) is 11.5 Å². The SMILES string of the molecule is CCC1CCC(N)(CCOc2ccc(OC)cc2)CC1. The first kappa shape index (κ1) is 15.2. The zero-order chi connectivity index (χ0) is 14.4. The van der Waals surface area contributed by atoms with Crippen LogP contribution in [0.4, 0.5) is 0 Å². The minimum absolute atomic E-state index is 0.0157. The topological polar surface area (TPSA) is 44.5 Å². The highest BCUT2D eigenvalue weighted by molar-refractivity contribution is 5.31. The van der Waals surface area contributed by atoms with Gasteiger partial charge in [0.15, 0.2) is 0 Å². The molecule has 0 aromatic heterocycles. The second-order valence-electron chi connectivity index (χ2n) is 5.99. The minimum Gasteiger partial charge on any atom is -0.497 e. The van der Waals surface area contributed by atoms with Crippen molar-refractivity contribution in [1.29, 1.82) is 0 Å². The average molecular weight is 277 g/mol. The zero-order valence-corrected chi connectivity index (χ0v) is 12.7. The van der Waals surface area contributed by atoms with Gasteiger partial charge in [-0.1, -0.05) is 13.3 Å². The molecule has 3 heteroatoms. The van der Waals surface area contributed by atoms with E-state index in [1.807, 2.05) is 24.3 Å². The van der Waals surface area contributed by atoms with Gasteiger partial charge in [-0.2, -0.15) is 0 Å². The molecule has 0 radical (unpaired) electrons. The molecule has 0 aliphatic heterocycles. The standard InChI is InChI=1S/C17H27NO2/c1-3-14-8-10-17(18,11-9-14)12-13-20-16-6-4-15(19-2)5-7-16/h4-7,14H,3,8-13,18H2,1-2H3. The first-order valence-electron chi connectivity index (χ1n) is 7.71. The van der Waals surface area contributed by atoms with Crippen molar-refractivity contribution in [1.82, 2.24) is 0 Å². The fourth-order valence-electron chi connectivity index (χ4n) is 2.95. The number of hydrogen-bond acceptors (Lipinski definition) is 3. The van der Waals surface area contributed by atoms with E-state index in [-0.39, 0.29) is 5.54 Å². The molecule has 1 aliphatic carbocycles. The Balaban J connectivity index is 1.74. The molecule has 0 amide bonds. The third kappa shape index (κ3) is 4.14. The van der Waals surface area contributed by atoms with Crippen molar-refractivity contribution in [2.75, 3.05) is 13.7 Å². The van der Waals surface area contributed by atoms with Crippen molar-refractivity contribution >= 4 is 0 Å². The number of benzene rings is 1. The lowest BCUT2D eigenvalue weighted by Gasteiger charge is -2.37. The summed E-state index contributed by atoms with van der Waals surface area (Å²) in [6, 6.07) is 7.71. The number of hydrogen-bond donors (Lipinski definition) is 1. The second kappa shape index (κ2) is 6.98. The fourth-order valence-corrected chi connectivity index (χ4v) is 2.95. The predicted molar refractivity (Wildman–Crippen MR) is 82.3 cm³/mol. The van der Waals surface area contributed by atoms with Crippen molar-refractivity contribution in [3.63, 3.8) is 0 Å². The van der Waals surface area contributed by atoms with Crippen LogP contribution < -0.4 is 15.2 Å². The number of methoxy groups -OCH3 is 1. The van der Waals surface area contributed by atoms with E-state index in [0.29, 0.717) is 6.61 Å². The molecule has 3 nitrogen and oxygen atoms in total. The highest BCUT2D eigenvalue weighted by Gasteiger charge is 2.30. The number of rotatable bonds is 6. The van der Waals surface area contributed by atoms with Crippen molar-refractivity contribution in [2.45, 2.75) is 51.0 Å². The van der Waals surface area contributed by atoms with Gasteiger partial charge < -0.3 is 15.2 Å². The summed E-state index contributed by atoms with van der Waals surface area (Å²) >= 11 is 0. The molecule has 1 aliphatic rings. The van der Waals surface area contributed by atoms with Crippen LogP contribution in [0.2, 0.25) is 0 Å². The van der Waals surface area contributed by atoms with Crippen LogP contribution in [0.25, 0.3) is 0 Å². The van der Waals surface area contributed by atoms with E-state index >= 15 is 0 Å². The summed E-state index contributed by atoms with van der Waals surface area (Å²) in [4.78, 5) is 0. The monoisotopic (exact) mass is 277 g/mol. The van der Waals surface area contributed by atoms with Gasteiger partial charge in [0, 0.05) is 5.54 Å². The Labute approximate surface area is 122 Å². The van der Waals surface area contributed by atoms with Crippen molar-refractivity contribution < 1.29 is 9.47 Å². The van der Waals surface area contributed by atoms with E-state index in [1.165, 1.54) is 19.3 Å². The van der Waals surface area contributed by atoms with Crippen molar-refractivity contribution in [2.24, 2.45) is 11.7 Å². The molecule has 0 saturated heterocycles. The van der Waals surface area contributed by atoms with Crippen LogP contribution >= 0.6 is 0 Å². The Morgan fingerprint density at radius 2 is 1.75 bits per heavy atom. The van der Waals surface area contributed by atoms with E-state index in [1.54, 1.807) is 7.11 Å². The van der Waals surface area contributed by atoms with Gasteiger partial charge in [0.1, 0.15) is 11.5 Å².